The SMILES string of the molecule is CC(C)(C)S(=O)N[C@H](CCc1ccccc1)C(=O)O. The van der Waals surface area contributed by atoms with Crippen LogP contribution < -0.4 is 4.72 Å². The summed E-state index contributed by atoms with van der Waals surface area (Å²) in [6.07, 6.45) is 1.06. The van der Waals surface area contributed by atoms with Gasteiger partial charge in [-0.2, -0.15) is 0 Å². The van der Waals surface area contributed by atoms with Gasteiger partial charge in [-0.05, 0) is 39.2 Å². The molecular formula is C14H21NO3S. The third kappa shape index (κ3) is 5.53. The first-order chi connectivity index (χ1) is 8.80. The second kappa shape index (κ2) is 6.82. The van der Waals surface area contributed by atoms with Gasteiger partial charge in [-0.1, -0.05) is 30.3 Å². The van der Waals surface area contributed by atoms with Gasteiger partial charge in [-0.15, -0.1) is 0 Å². The minimum Gasteiger partial charge on any atom is -0.480 e. The van der Waals surface area contributed by atoms with Crippen LogP contribution >= 0.6 is 0 Å². The van der Waals surface area contributed by atoms with Crippen LogP contribution in [-0.4, -0.2) is 26.1 Å². The highest BCUT2D eigenvalue weighted by Gasteiger charge is 2.26. The van der Waals surface area contributed by atoms with E-state index in [2.05, 4.69) is 4.72 Å². The summed E-state index contributed by atoms with van der Waals surface area (Å²) in [5, 5.41) is 9.17. The molecule has 0 aromatic heterocycles. The van der Waals surface area contributed by atoms with Crippen molar-refractivity contribution in [3.8, 4) is 0 Å². The Morgan fingerprint density at radius 3 is 2.37 bits per heavy atom. The van der Waals surface area contributed by atoms with Gasteiger partial charge >= 0.3 is 5.97 Å². The van der Waals surface area contributed by atoms with Crippen LogP contribution in [0, 0.1) is 0 Å². The van der Waals surface area contributed by atoms with Crippen molar-refractivity contribution in [1.29, 1.82) is 0 Å². The molecule has 0 saturated heterocycles. The minimum atomic E-state index is -1.38. The van der Waals surface area contributed by atoms with E-state index in [-0.39, 0.29) is 0 Å². The maximum atomic E-state index is 11.9. The minimum absolute atomic E-state index is 0.418. The fourth-order valence-electron chi connectivity index (χ4n) is 1.49. The fraction of sp³-hybridized carbons (Fsp3) is 0.500. The number of carbonyl (C=O) groups is 1. The molecule has 0 heterocycles. The van der Waals surface area contributed by atoms with E-state index in [0.717, 1.165) is 5.56 Å². The van der Waals surface area contributed by atoms with Crippen LogP contribution in [0.1, 0.15) is 32.8 Å². The molecule has 0 radical (unpaired) electrons. The molecule has 1 aromatic carbocycles. The Labute approximate surface area is 116 Å². The average molecular weight is 283 g/mol. The lowest BCUT2D eigenvalue weighted by atomic mass is 10.1. The quantitative estimate of drug-likeness (QED) is 0.840. The maximum absolute atomic E-state index is 11.9. The molecule has 0 bridgehead atoms. The van der Waals surface area contributed by atoms with Crippen molar-refractivity contribution in [2.24, 2.45) is 0 Å². The van der Waals surface area contributed by atoms with E-state index in [1.807, 2.05) is 51.1 Å². The molecule has 0 aliphatic heterocycles. The Bertz CT molecular complexity index is 440. The molecule has 4 nitrogen and oxygen atoms in total. The van der Waals surface area contributed by atoms with E-state index in [1.54, 1.807) is 0 Å². The van der Waals surface area contributed by atoms with Gasteiger partial charge in [-0.25, -0.2) is 8.93 Å². The molecule has 0 amide bonds. The van der Waals surface area contributed by atoms with Crippen molar-refractivity contribution >= 4 is 17.0 Å². The number of benzene rings is 1. The highest BCUT2D eigenvalue weighted by molar-refractivity contribution is 7.84. The van der Waals surface area contributed by atoms with Gasteiger partial charge in [0.1, 0.15) is 6.04 Å². The summed E-state index contributed by atoms with van der Waals surface area (Å²) >= 11 is 0. The zero-order chi connectivity index (χ0) is 14.5. The number of hydrogen-bond acceptors (Lipinski definition) is 2. The van der Waals surface area contributed by atoms with Crippen LogP contribution in [-0.2, 0) is 22.2 Å². The summed E-state index contributed by atoms with van der Waals surface area (Å²) in [4.78, 5) is 11.2. The number of hydrogen-bond donors (Lipinski definition) is 2. The topological polar surface area (TPSA) is 66.4 Å². The first-order valence-corrected chi connectivity index (χ1v) is 7.40. The van der Waals surface area contributed by atoms with Crippen LogP contribution in [0.5, 0.6) is 0 Å². The van der Waals surface area contributed by atoms with E-state index in [0.29, 0.717) is 12.8 Å². The fourth-order valence-corrected chi connectivity index (χ4v) is 2.33. The molecule has 1 aromatic rings. The summed E-state index contributed by atoms with van der Waals surface area (Å²) in [5.41, 5.74) is 1.08. The van der Waals surface area contributed by atoms with Crippen LogP contribution in [0.15, 0.2) is 30.3 Å². The lowest BCUT2D eigenvalue weighted by molar-refractivity contribution is -0.139. The van der Waals surface area contributed by atoms with Crippen LogP contribution in [0.25, 0.3) is 0 Å². The Morgan fingerprint density at radius 1 is 1.32 bits per heavy atom. The van der Waals surface area contributed by atoms with Crippen molar-refractivity contribution < 1.29 is 14.1 Å². The highest BCUT2D eigenvalue weighted by Crippen LogP contribution is 2.12. The third-order valence-electron chi connectivity index (χ3n) is 2.67. The molecule has 19 heavy (non-hydrogen) atoms. The lowest BCUT2D eigenvalue weighted by Gasteiger charge is -2.22. The van der Waals surface area contributed by atoms with E-state index < -0.39 is 27.7 Å². The monoisotopic (exact) mass is 283 g/mol. The summed E-state index contributed by atoms with van der Waals surface area (Å²) in [5.74, 6) is -0.964. The largest absolute Gasteiger partial charge is 0.480 e. The Kier molecular flexibility index (Phi) is 5.69. The first kappa shape index (κ1) is 15.9. The second-order valence-corrected chi connectivity index (χ2v) is 7.41. The standard InChI is InChI=1S/C14H21NO3S/c1-14(2,3)19(18)15-12(13(16)17)10-9-11-7-5-4-6-8-11/h4-8,12,15H,9-10H2,1-3H3,(H,16,17)/t12-,19?/m1/s1. The number of aliphatic carboxylic acids is 1. The van der Waals surface area contributed by atoms with Crippen molar-refractivity contribution in [3.05, 3.63) is 35.9 Å². The van der Waals surface area contributed by atoms with Gasteiger partial charge in [0.05, 0.1) is 15.7 Å². The normalized spacial score (nSPS) is 14.9. The molecule has 106 valence electrons. The summed E-state index contributed by atoms with van der Waals surface area (Å²) in [6.45, 7) is 5.44. The van der Waals surface area contributed by atoms with Crippen molar-refractivity contribution in [2.75, 3.05) is 0 Å². The van der Waals surface area contributed by atoms with Crippen LogP contribution in [0.3, 0.4) is 0 Å². The Balaban J connectivity index is 2.59. The molecule has 0 saturated carbocycles. The third-order valence-corrected chi connectivity index (χ3v) is 4.28. The average Bonchev–Trinajstić information content (AvgIpc) is 2.33. The maximum Gasteiger partial charge on any atom is 0.321 e. The zero-order valence-electron chi connectivity index (χ0n) is 11.6. The number of nitrogens with one attached hydrogen (secondary N) is 1. The van der Waals surface area contributed by atoms with Gasteiger partial charge in [-0.3, -0.25) is 4.79 Å². The second-order valence-electron chi connectivity index (χ2n) is 5.41. The van der Waals surface area contributed by atoms with Crippen LogP contribution in [0.4, 0.5) is 0 Å². The van der Waals surface area contributed by atoms with Gasteiger partial charge in [0.2, 0.25) is 0 Å². The van der Waals surface area contributed by atoms with Gasteiger partial charge in [0.25, 0.3) is 0 Å². The number of aryl methyl sites for hydroxylation is 1. The van der Waals surface area contributed by atoms with Gasteiger partial charge < -0.3 is 5.11 Å². The van der Waals surface area contributed by atoms with E-state index in [9.17, 15) is 9.00 Å². The lowest BCUT2D eigenvalue weighted by Crippen LogP contribution is -2.44. The molecule has 0 spiro atoms. The van der Waals surface area contributed by atoms with Crippen molar-refractivity contribution in [1.82, 2.24) is 4.72 Å². The first-order valence-electron chi connectivity index (χ1n) is 6.25. The summed E-state index contributed by atoms with van der Waals surface area (Å²) in [7, 11) is -1.38. The smallest absolute Gasteiger partial charge is 0.321 e. The van der Waals surface area contributed by atoms with Gasteiger partial charge in [0.15, 0.2) is 0 Å². The number of carboxylic acids is 1. The predicted molar refractivity (Wildman–Crippen MR) is 77.2 cm³/mol. The molecule has 1 unspecified atom stereocenters. The van der Waals surface area contributed by atoms with Crippen LogP contribution in [0.2, 0.25) is 0 Å². The zero-order valence-corrected chi connectivity index (χ0v) is 12.4. The van der Waals surface area contributed by atoms with Crippen molar-refractivity contribution in [2.45, 2.75) is 44.4 Å². The molecular weight excluding hydrogens is 262 g/mol. The number of rotatable bonds is 6. The molecule has 2 N–H and O–H groups in total. The molecule has 0 fully saturated rings. The highest BCUT2D eigenvalue weighted by atomic mass is 32.2. The number of carboxylic acid groups (broad SMARTS) is 1. The van der Waals surface area contributed by atoms with E-state index >= 15 is 0 Å². The van der Waals surface area contributed by atoms with E-state index in [4.69, 9.17) is 5.11 Å². The molecule has 0 aliphatic rings. The van der Waals surface area contributed by atoms with Crippen molar-refractivity contribution in [3.63, 3.8) is 0 Å². The molecule has 5 heteroatoms. The summed E-state index contributed by atoms with van der Waals surface area (Å²) in [6, 6.07) is 8.89. The summed E-state index contributed by atoms with van der Waals surface area (Å²) < 4.78 is 14.2. The molecule has 1 rings (SSSR count). The van der Waals surface area contributed by atoms with E-state index in [1.165, 1.54) is 0 Å². The Morgan fingerprint density at radius 2 is 1.89 bits per heavy atom. The molecule has 2 atom stereocenters. The predicted octanol–water partition coefficient (Wildman–Crippen LogP) is 2.12. The Hall–Kier alpha value is -1.20. The van der Waals surface area contributed by atoms with Gasteiger partial charge in [0, 0.05) is 0 Å². The molecule has 0 aliphatic carbocycles.